The number of H-pyrrole nitrogens is 1. The highest BCUT2D eigenvalue weighted by Crippen LogP contribution is 2.24. The van der Waals surface area contributed by atoms with Gasteiger partial charge in [0.1, 0.15) is 17.8 Å². The zero-order chi connectivity index (χ0) is 19.1. The van der Waals surface area contributed by atoms with Crippen molar-refractivity contribution in [1.82, 2.24) is 19.9 Å². The van der Waals surface area contributed by atoms with Crippen molar-refractivity contribution in [3.63, 3.8) is 0 Å². The molecule has 2 N–H and O–H groups in total. The van der Waals surface area contributed by atoms with Gasteiger partial charge in [0, 0.05) is 44.1 Å². The number of carbonyl (C=O) groups excluding carboxylic acids is 2. The van der Waals surface area contributed by atoms with Crippen LogP contribution in [0.25, 0.3) is 11.0 Å². The molecule has 0 radical (unpaired) electrons. The molecule has 0 aliphatic carbocycles. The first kappa shape index (κ1) is 19.0. The molecule has 144 valence electrons. The summed E-state index contributed by atoms with van der Waals surface area (Å²) in [6, 6.07) is 0.0881. The molecule has 2 fully saturated rings. The number of hydrogen-bond donors (Lipinski definition) is 2. The van der Waals surface area contributed by atoms with Crippen LogP contribution < -0.4 is 5.32 Å². The Morgan fingerprint density at radius 2 is 2.15 bits per heavy atom. The van der Waals surface area contributed by atoms with E-state index in [1.165, 1.54) is 25.2 Å². The Morgan fingerprint density at radius 3 is 2.81 bits per heavy atom. The minimum Gasteiger partial charge on any atom is -0.381 e. The van der Waals surface area contributed by atoms with Gasteiger partial charge < -0.3 is 19.9 Å². The number of likely N-dealkylation sites (tertiary alicyclic amines) is 1. The molecule has 0 bridgehead atoms. The number of amides is 1. The molecule has 2 aliphatic rings. The number of piperidine rings is 1. The van der Waals surface area contributed by atoms with Crippen molar-refractivity contribution in [2.24, 2.45) is 0 Å². The first-order chi connectivity index (χ1) is 13.2. The summed E-state index contributed by atoms with van der Waals surface area (Å²) in [7, 11) is 0. The van der Waals surface area contributed by atoms with E-state index in [4.69, 9.17) is 4.74 Å². The number of aromatic amines is 1. The molecule has 1 atom stereocenters. The number of nitrogens with one attached hydrogen (secondary N) is 2. The largest absolute Gasteiger partial charge is 0.381 e. The topological polar surface area (TPSA) is 100 Å². The average Bonchev–Trinajstić information content (AvgIpc) is 3.41. The Morgan fingerprint density at radius 1 is 1.33 bits per heavy atom. The fourth-order valence-electron chi connectivity index (χ4n) is 3.32. The van der Waals surface area contributed by atoms with Crippen LogP contribution in [0.2, 0.25) is 0 Å². The summed E-state index contributed by atoms with van der Waals surface area (Å²) in [5.74, 6) is 0.556. The van der Waals surface area contributed by atoms with E-state index in [1.807, 2.05) is 0 Å². The van der Waals surface area contributed by atoms with Gasteiger partial charge in [0.15, 0.2) is 6.29 Å². The van der Waals surface area contributed by atoms with Gasteiger partial charge in [0.25, 0.3) is 0 Å². The standard InChI is InChI=1S/C15H17N5O2.C4H8O/c1-2-12(22)20-5-3-4-11(7-20)19-15-13-10(8-21)6-16-14(13)17-9-18-15;1-2-4-5-3-1/h2,6,8-9,11H,1,3-5,7H2,(H2,16,17,18,19);1-4H2. The summed E-state index contributed by atoms with van der Waals surface area (Å²) in [5, 5.41) is 4.02. The maximum Gasteiger partial charge on any atom is 0.246 e. The molecule has 2 aromatic heterocycles. The van der Waals surface area contributed by atoms with Gasteiger partial charge in [-0.15, -0.1) is 0 Å². The third-order valence-electron chi connectivity index (χ3n) is 4.70. The Labute approximate surface area is 158 Å². The Hall–Kier alpha value is -2.74. The lowest BCUT2D eigenvalue weighted by Crippen LogP contribution is -2.44. The molecule has 2 aliphatic heterocycles. The zero-order valence-electron chi connectivity index (χ0n) is 15.3. The fraction of sp³-hybridized carbons (Fsp3) is 0.474. The third kappa shape index (κ3) is 4.71. The van der Waals surface area contributed by atoms with Crippen molar-refractivity contribution >= 4 is 29.0 Å². The van der Waals surface area contributed by atoms with Crippen LogP contribution in [-0.4, -0.2) is 64.4 Å². The predicted octanol–water partition coefficient (Wildman–Crippen LogP) is 2.16. The van der Waals surface area contributed by atoms with Crippen LogP contribution in [0.1, 0.15) is 36.0 Å². The maximum absolute atomic E-state index is 11.7. The lowest BCUT2D eigenvalue weighted by molar-refractivity contribution is -0.127. The summed E-state index contributed by atoms with van der Waals surface area (Å²) in [6.07, 6.45) is 9.59. The normalized spacial score (nSPS) is 19.3. The van der Waals surface area contributed by atoms with E-state index in [-0.39, 0.29) is 11.9 Å². The summed E-state index contributed by atoms with van der Waals surface area (Å²) in [5.41, 5.74) is 1.14. The number of fused-ring (bicyclic) bond motifs is 1. The lowest BCUT2D eigenvalue weighted by Gasteiger charge is -2.32. The van der Waals surface area contributed by atoms with Gasteiger partial charge in [-0.3, -0.25) is 9.59 Å². The van der Waals surface area contributed by atoms with E-state index >= 15 is 0 Å². The third-order valence-corrected chi connectivity index (χ3v) is 4.70. The molecule has 4 rings (SSSR count). The van der Waals surface area contributed by atoms with Crippen molar-refractivity contribution in [2.45, 2.75) is 31.7 Å². The molecule has 1 amide bonds. The van der Waals surface area contributed by atoms with Gasteiger partial charge in [-0.2, -0.15) is 0 Å². The molecule has 0 saturated carbocycles. The molecular formula is C19H25N5O3. The summed E-state index contributed by atoms with van der Waals surface area (Å²) < 4.78 is 4.94. The van der Waals surface area contributed by atoms with Crippen molar-refractivity contribution in [2.75, 3.05) is 31.6 Å². The lowest BCUT2D eigenvalue weighted by atomic mass is 10.1. The highest BCUT2D eigenvalue weighted by molar-refractivity contribution is 6.01. The molecule has 4 heterocycles. The first-order valence-corrected chi connectivity index (χ1v) is 9.25. The highest BCUT2D eigenvalue weighted by atomic mass is 16.5. The van der Waals surface area contributed by atoms with Crippen LogP contribution in [-0.2, 0) is 9.53 Å². The van der Waals surface area contributed by atoms with Crippen LogP contribution in [0, 0.1) is 0 Å². The van der Waals surface area contributed by atoms with Crippen molar-refractivity contribution < 1.29 is 14.3 Å². The fourth-order valence-corrected chi connectivity index (χ4v) is 3.32. The average molecular weight is 371 g/mol. The number of carbonyl (C=O) groups is 2. The zero-order valence-corrected chi connectivity index (χ0v) is 15.3. The molecule has 0 aromatic carbocycles. The van der Waals surface area contributed by atoms with Crippen molar-refractivity contribution in [3.8, 4) is 0 Å². The molecule has 1 unspecified atom stereocenters. The van der Waals surface area contributed by atoms with Crippen LogP contribution >= 0.6 is 0 Å². The Bertz CT molecular complexity index is 792. The SMILES string of the molecule is C1CCOC1.C=CC(=O)N1CCCC(Nc2ncnc3[nH]cc(C=O)c23)C1. The number of anilines is 1. The van der Waals surface area contributed by atoms with Crippen molar-refractivity contribution in [1.29, 1.82) is 0 Å². The summed E-state index contributed by atoms with van der Waals surface area (Å²) in [6.45, 7) is 6.86. The van der Waals surface area contributed by atoms with Gasteiger partial charge in [-0.25, -0.2) is 9.97 Å². The quantitative estimate of drug-likeness (QED) is 0.631. The van der Waals surface area contributed by atoms with Gasteiger partial charge in [-0.05, 0) is 31.8 Å². The molecule has 2 saturated heterocycles. The van der Waals surface area contributed by atoms with Crippen LogP contribution in [0.3, 0.4) is 0 Å². The van der Waals surface area contributed by atoms with E-state index in [2.05, 4.69) is 26.8 Å². The first-order valence-electron chi connectivity index (χ1n) is 9.25. The highest BCUT2D eigenvalue weighted by Gasteiger charge is 2.23. The second-order valence-corrected chi connectivity index (χ2v) is 6.60. The second-order valence-electron chi connectivity index (χ2n) is 6.60. The minimum atomic E-state index is -0.0606. The summed E-state index contributed by atoms with van der Waals surface area (Å²) in [4.78, 5) is 36.0. The molecule has 27 heavy (non-hydrogen) atoms. The molecule has 8 heteroatoms. The molecule has 8 nitrogen and oxygen atoms in total. The summed E-state index contributed by atoms with van der Waals surface area (Å²) >= 11 is 0. The Kier molecular flexibility index (Phi) is 6.54. The number of rotatable bonds is 4. The van der Waals surface area contributed by atoms with E-state index in [0.29, 0.717) is 29.0 Å². The van der Waals surface area contributed by atoms with E-state index in [1.54, 1.807) is 11.1 Å². The number of aldehydes is 1. The molecule has 0 spiro atoms. The van der Waals surface area contributed by atoms with Crippen molar-refractivity contribution in [3.05, 3.63) is 30.7 Å². The molecule has 2 aromatic rings. The number of nitrogens with zero attached hydrogens (tertiary/aromatic N) is 3. The number of hydrogen-bond acceptors (Lipinski definition) is 6. The maximum atomic E-state index is 11.7. The predicted molar refractivity (Wildman–Crippen MR) is 103 cm³/mol. The van der Waals surface area contributed by atoms with Crippen LogP contribution in [0.5, 0.6) is 0 Å². The van der Waals surface area contributed by atoms with E-state index in [9.17, 15) is 9.59 Å². The number of ether oxygens (including phenoxy) is 1. The van der Waals surface area contributed by atoms with E-state index in [0.717, 1.165) is 38.9 Å². The Balaban J connectivity index is 0.000000364. The van der Waals surface area contributed by atoms with Gasteiger partial charge in [0.2, 0.25) is 5.91 Å². The monoisotopic (exact) mass is 371 g/mol. The van der Waals surface area contributed by atoms with Gasteiger partial charge >= 0.3 is 0 Å². The second kappa shape index (κ2) is 9.27. The minimum absolute atomic E-state index is 0.0606. The van der Waals surface area contributed by atoms with E-state index < -0.39 is 0 Å². The van der Waals surface area contributed by atoms with Gasteiger partial charge in [0.05, 0.1) is 5.39 Å². The molecular weight excluding hydrogens is 346 g/mol. The van der Waals surface area contributed by atoms with Gasteiger partial charge in [-0.1, -0.05) is 6.58 Å². The smallest absolute Gasteiger partial charge is 0.246 e. The van der Waals surface area contributed by atoms with Crippen LogP contribution in [0.4, 0.5) is 5.82 Å². The number of aromatic nitrogens is 3. The van der Waals surface area contributed by atoms with Crippen LogP contribution in [0.15, 0.2) is 25.2 Å².